The van der Waals surface area contributed by atoms with Gasteiger partial charge in [0.2, 0.25) is 0 Å². The van der Waals surface area contributed by atoms with E-state index in [1.54, 1.807) is 43.3 Å². The van der Waals surface area contributed by atoms with Crippen LogP contribution in [0.1, 0.15) is 29.8 Å². The molecular formula is C18H22N2O3S. The molecule has 0 unspecified atom stereocenters. The minimum atomic E-state index is -3.69. The van der Waals surface area contributed by atoms with Gasteiger partial charge in [-0.1, -0.05) is 38.1 Å². The molecule has 2 aromatic carbocycles. The summed E-state index contributed by atoms with van der Waals surface area (Å²) in [6, 6.07) is 13.1. The van der Waals surface area contributed by atoms with Crippen molar-refractivity contribution in [2.24, 2.45) is 5.92 Å². The van der Waals surface area contributed by atoms with Gasteiger partial charge in [-0.15, -0.1) is 0 Å². The van der Waals surface area contributed by atoms with E-state index in [0.717, 1.165) is 0 Å². The molecule has 0 spiro atoms. The van der Waals surface area contributed by atoms with Gasteiger partial charge in [0, 0.05) is 12.1 Å². The predicted molar refractivity (Wildman–Crippen MR) is 95.6 cm³/mol. The van der Waals surface area contributed by atoms with Crippen LogP contribution in [0.3, 0.4) is 0 Å². The van der Waals surface area contributed by atoms with Crippen LogP contribution in [0, 0.1) is 12.8 Å². The van der Waals surface area contributed by atoms with Crippen LogP contribution >= 0.6 is 0 Å². The molecular weight excluding hydrogens is 324 g/mol. The predicted octanol–water partition coefficient (Wildman–Crippen LogP) is 3.18. The Morgan fingerprint density at radius 3 is 2.33 bits per heavy atom. The highest BCUT2D eigenvalue weighted by atomic mass is 32.2. The Bertz CT molecular complexity index is 815. The summed E-state index contributed by atoms with van der Waals surface area (Å²) in [7, 11) is -3.69. The van der Waals surface area contributed by atoms with Gasteiger partial charge in [-0.2, -0.15) is 0 Å². The molecule has 0 aromatic heterocycles. The molecule has 2 N–H and O–H groups in total. The fraction of sp³-hybridized carbons (Fsp3) is 0.278. The molecule has 2 aromatic rings. The number of benzene rings is 2. The molecule has 128 valence electrons. The first-order chi connectivity index (χ1) is 11.3. The smallest absolute Gasteiger partial charge is 0.261 e. The summed E-state index contributed by atoms with van der Waals surface area (Å²) >= 11 is 0. The first-order valence-electron chi connectivity index (χ1n) is 7.77. The summed E-state index contributed by atoms with van der Waals surface area (Å²) in [6.07, 6.45) is 0. The van der Waals surface area contributed by atoms with Crippen molar-refractivity contribution in [2.75, 3.05) is 11.3 Å². The molecule has 24 heavy (non-hydrogen) atoms. The molecule has 1 amide bonds. The van der Waals surface area contributed by atoms with Crippen LogP contribution in [-0.2, 0) is 10.0 Å². The second kappa shape index (κ2) is 7.49. The third-order valence-electron chi connectivity index (χ3n) is 3.55. The van der Waals surface area contributed by atoms with Crippen molar-refractivity contribution in [1.29, 1.82) is 0 Å². The van der Waals surface area contributed by atoms with E-state index in [2.05, 4.69) is 10.0 Å². The van der Waals surface area contributed by atoms with Gasteiger partial charge in [0.25, 0.3) is 15.9 Å². The van der Waals surface area contributed by atoms with Crippen LogP contribution in [0.15, 0.2) is 53.4 Å². The number of carbonyl (C=O) groups excluding carboxylic acids is 1. The second-order valence-electron chi connectivity index (χ2n) is 6.00. The third kappa shape index (κ3) is 4.35. The van der Waals surface area contributed by atoms with Crippen molar-refractivity contribution in [3.05, 3.63) is 59.7 Å². The Morgan fingerprint density at radius 1 is 1.04 bits per heavy atom. The van der Waals surface area contributed by atoms with Gasteiger partial charge in [0.05, 0.1) is 10.6 Å². The van der Waals surface area contributed by atoms with Crippen LogP contribution in [0.4, 0.5) is 5.69 Å². The average Bonchev–Trinajstić information content (AvgIpc) is 2.55. The highest BCUT2D eigenvalue weighted by Gasteiger charge is 2.17. The zero-order chi connectivity index (χ0) is 17.7. The normalized spacial score (nSPS) is 11.3. The Hall–Kier alpha value is -2.34. The van der Waals surface area contributed by atoms with E-state index in [1.165, 1.54) is 12.1 Å². The molecule has 2 rings (SSSR count). The van der Waals surface area contributed by atoms with Crippen LogP contribution in [-0.4, -0.2) is 20.9 Å². The second-order valence-corrected chi connectivity index (χ2v) is 7.68. The van der Waals surface area contributed by atoms with Crippen LogP contribution in [0.2, 0.25) is 0 Å². The summed E-state index contributed by atoms with van der Waals surface area (Å²) in [6.45, 7) is 6.32. The summed E-state index contributed by atoms with van der Waals surface area (Å²) in [4.78, 5) is 12.4. The van der Waals surface area contributed by atoms with Crippen LogP contribution in [0.5, 0.6) is 0 Å². The Morgan fingerprint density at radius 2 is 1.71 bits per heavy atom. The monoisotopic (exact) mass is 346 g/mol. The standard InChI is InChI=1S/C18H22N2O3S/c1-13(2)12-19-18(21)16-10-7-11-17(14(16)3)20-24(22,23)15-8-5-4-6-9-15/h4-11,13,20H,12H2,1-3H3,(H,19,21). The lowest BCUT2D eigenvalue weighted by Gasteiger charge is -2.14. The van der Waals surface area contributed by atoms with E-state index in [1.807, 2.05) is 13.8 Å². The number of hydrogen-bond donors (Lipinski definition) is 2. The quantitative estimate of drug-likeness (QED) is 0.843. The molecule has 0 aliphatic carbocycles. The van der Waals surface area contributed by atoms with E-state index in [-0.39, 0.29) is 10.8 Å². The first kappa shape index (κ1) is 18.0. The van der Waals surface area contributed by atoms with Gasteiger partial charge in [0.1, 0.15) is 0 Å². The lowest BCUT2D eigenvalue weighted by atomic mass is 10.1. The van der Waals surface area contributed by atoms with Gasteiger partial charge < -0.3 is 5.32 Å². The molecule has 5 nitrogen and oxygen atoms in total. The van der Waals surface area contributed by atoms with E-state index in [9.17, 15) is 13.2 Å². The summed E-state index contributed by atoms with van der Waals surface area (Å²) in [5, 5.41) is 2.84. The van der Waals surface area contributed by atoms with Gasteiger partial charge in [0.15, 0.2) is 0 Å². The maximum Gasteiger partial charge on any atom is 0.261 e. The molecule has 0 atom stereocenters. The Balaban J connectivity index is 2.26. The number of amides is 1. The molecule has 6 heteroatoms. The number of nitrogens with one attached hydrogen (secondary N) is 2. The molecule has 0 fully saturated rings. The largest absolute Gasteiger partial charge is 0.352 e. The first-order valence-corrected chi connectivity index (χ1v) is 9.25. The minimum absolute atomic E-state index is 0.180. The number of hydrogen-bond acceptors (Lipinski definition) is 3. The third-order valence-corrected chi connectivity index (χ3v) is 4.93. The molecule has 0 saturated carbocycles. The molecule has 0 heterocycles. The van der Waals surface area contributed by atoms with Gasteiger partial charge in [-0.25, -0.2) is 8.42 Å². The van der Waals surface area contributed by atoms with Crippen LogP contribution < -0.4 is 10.0 Å². The van der Waals surface area contributed by atoms with E-state index in [0.29, 0.717) is 29.3 Å². The SMILES string of the molecule is Cc1c(NS(=O)(=O)c2ccccc2)cccc1C(=O)NCC(C)C. The zero-order valence-electron chi connectivity index (χ0n) is 14.0. The van der Waals surface area contributed by atoms with Crippen molar-refractivity contribution in [3.63, 3.8) is 0 Å². The molecule has 0 bridgehead atoms. The lowest BCUT2D eigenvalue weighted by Crippen LogP contribution is -2.28. The van der Waals surface area contributed by atoms with E-state index >= 15 is 0 Å². The number of anilines is 1. The Labute approximate surface area is 143 Å². The molecule has 0 radical (unpaired) electrons. The van der Waals surface area contributed by atoms with Gasteiger partial charge >= 0.3 is 0 Å². The molecule has 0 aliphatic heterocycles. The van der Waals surface area contributed by atoms with Crippen molar-refractivity contribution in [3.8, 4) is 0 Å². The maximum absolute atomic E-state index is 12.4. The maximum atomic E-state index is 12.4. The number of sulfonamides is 1. The van der Waals surface area contributed by atoms with E-state index in [4.69, 9.17) is 0 Å². The minimum Gasteiger partial charge on any atom is -0.352 e. The van der Waals surface area contributed by atoms with Crippen molar-refractivity contribution in [2.45, 2.75) is 25.7 Å². The average molecular weight is 346 g/mol. The van der Waals surface area contributed by atoms with Gasteiger partial charge in [-0.05, 0) is 42.7 Å². The fourth-order valence-corrected chi connectivity index (χ4v) is 3.33. The molecule has 0 aliphatic rings. The van der Waals surface area contributed by atoms with Crippen molar-refractivity contribution < 1.29 is 13.2 Å². The number of rotatable bonds is 6. The zero-order valence-corrected chi connectivity index (χ0v) is 14.9. The van der Waals surface area contributed by atoms with Crippen molar-refractivity contribution >= 4 is 21.6 Å². The van der Waals surface area contributed by atoms with Gasteiger partial charge in [-0.3, -0.25) is 9.52 Å². The Kier molecular flexibility index (Phi) is 5.62. The summed E-state index contributed by atoms with van der Waals surface area (Å²) in [5.41, 5.74) is 1.46. The van der Waals surface area contributed by atoms with Crippen LogP contribution in [0.25, 0.3) is 0 Å². The van der Waals surface area contributed by atoms with Crippen molar-refractivity contribution in [1.82, 2.24) is 5.32 Å². The summed E-state index contributed by atoms with van der Waals surface area (Å²) < 4.78 is 27.4. The summed E-state index contributed by atoms with van der Waals surface area (Å²) in [5.74, 6) is 0.135. The highest BCUT2D eigenvalue weighted by Crippen LogP contribution is 2.22. The fourth-order valence-electron chi connectivity index (χ4n) is 2.19. The molecule has 0 saturated heterocycles. The number of carbonyl (C=O) groups is 1. The highest BCUT2D eigenvalue weighted by molar-refractivity contribution is 7.92. The lowest BCUT2D eigenvalue weighted by molar-refractivity contribution is 0.0948. The topological polar surface area (TPSA) is 75.3 Å². The van der Waals surface area contributed by atoms with E-state index < -0.39 is 10.0 Å².